The van der Waals surface area contributed by atoms with Crippen molar-refractivity contribution in [1.29, 1.82) is 0 Å². The van der Waals surface area contributed by atoms with Gasteiger partial charge < -0.3 is 9.47 Å². The molecule has 0 fully saturated rings. The molecule has 0 spiro atoms. The summed E-state index contributed by atoms with van der Waals surface area (Å²) in [6.07, 6.45) is 0. The van der Waals surface area contributed by atoms with Crippen LogP contribution >= 0.6 is 0 Å². The lowest BCUT2D eigenvalue weighted by Crippen LogP contribution is -2.11. The van der Waals surface area contributed by atoms with E-state index in [1.807, 2.05) is 0 Å². The quantitative estimate of drug-likeness (QED) is 0.162. The summed E-state index contributed by atoms with van der Waals surface area (Å²) in [5, 5.41) is 5.09. The Morgan fingerprint density at radius 1 is 0.315 bits per heavy atom. The Bertz CT molecular complexity index is 2890. The molecule has 0 saturated heterocycles. The smallest absolute Gasteiger partial charge is 0.0547 e. The maximum absolute atomic E-state index is 2.40. The van der Waals surface area contributed by atoms with Crippen LogP contribution in [-0.2, 0) is 0 Å². The fourth-order valence-corrected chi connectivity index (χ4v) is 8.01. The van der Waals surface area contributed by atoms with Crippen LogP contribution in [0.4, 0.5) is 17.1 Å². The summed E-state index contributed by atoms with van der Waals surface area (Å²) in [5.74, 6) is 0. The molecule has 9 aromatic carbocycles. The van der Waals surface area contributed by atoms with Gasteiger partial charge in [-0.25, -0.2) is 0 Å². The number of benzene rings is 9. The van der Waals surface area contributed by atoms with E-state index in [-0.39, 0.29) is 0 Å². The zero-order valence-corrected chi connectivity index (χ0v) is 29.7. The van der Waals surface area contributed by atoms with Crippen LogP contribution in [0.1, 0.15) is 0 Å². The van der Waals surface area contributed by atoms with E-state index < -0.39 is 0 Å². The Kier molecular flexibility index (Phi) is 7.85. The zero-order valence-electron chi connectivity index (χ0n) is 29.7. The van der Waals surface area contributed by atoms with Gasteiger partial charge in [-0.1, -0.05) is 164 Å². The van der Waals surface area contributed by atoms with E-state index in [0.29, 0.717) is 0 Å². The molecule has 0 aliphatic heterocycles. The second kappa shape index (κ2) is 13.4. The lowest BCUT2D eigenvalue weighted by molar-refractivity contribution is 1.17. The first-order chi connectivity index (χ1) is 26.8. The Balaban J connectivity index is 1.11. The van der Waals surface area contributed by atoms with Crippen LogP contribution in [-0.4, -0.2) is 4.57 Å². The third-order valence-electron chi connectivity index (χ3n) is 10.6. The van der Waals surface area contributed by atoms with E-state index >= 15 is 0 Å². The first-order valence-corrected chi connectivity index (χ1v) is 18.5. The highest BCUT2D eigenvalue weighted by atomic mass is 15.1. The summed E-state index contributed by atoms with van der Waals surface area (Å²) in [5.41, 5.74) is 14.0. The van der Waals surface area contributed by atoms with E-state index in [4.69, 9.17) is 0 Å². The average Bonchev–Trinajstić information content (AvgIpc) is 3.60. The molecule has 0 atom stereocenters. The van der Waals surface area contributed by atoms with E-state index in [2.05, 4.69) is 228 Å². The predicted molar refractivity (Wildman–Crippen MR) is 229 cm³/mol. The van der Waals surface area contributed by atoms with Crippen LogP contribution in [0.2, 0.25) is 0 Å². The van der Waals surface area contributed by atoms with Gasteiger partial charge in [0.1, 0.15) is 0 Å². The molecule has 0 N–H and O–H groups in total. The molecule has 0 radical (unpaired) electrons. The van der Waals surface area contributed by atoms with Crippen molar-refractivity contribution in [1.82, 2.24) is 4.57 Å². The van der Waals surface area contributed by atoms with Gasteiger partial charge in [0, 0.05) is 33.4 Å². The number of hydrogen-bond acceptors (Lipinski definition) is 1. The standard InChI is InChI=1S/C52H36N2/c1-3-13-37(14-4-1)39-23-25-42(26-24-39)46-18-9-11-21-49(46)53(43-30-27-40(28-31-43)38-15-5-2-6-16-38)44-32-34-45(35-33-44)54-50-22-12-10-20-48(50)52-47-19-8-7-17-41(47)29-36-51(52)54/h1-36H. The Hall–Kier alpha value is -7.16. The van der Waals surface area contributed by atoms with E-state index in [0.717, 1.165) is 22.7 Å². The largest absolute Gasteiger partial charge is 0.310 e. The van der Waals surface area contributed by atoms with E-state index in [1.165, 1.54) is 66.0 Å². The van der Waals surface area contributed by atoms with Gasteiger partial charge in [-0.2, -0.15) is 0 Å². The number of hydrogen-bond donors (Lipinski definition) is 0. The minimum absolute atomic E-state index is 1.09. The number of rotatable bonds is 7. The monoisotopic (exact) mass is 688 g/mol. The van der Waals surface area contributed by atoms with Gasteiger partial charge >= 0.3 is 0 Å². The van der Waals surface area contributed by atoms with Crippen LogP contribution in [0.25, 0.3) is 71.6 Å². The molecule has 10 aromatic rings. The van der Waals surface area contributed by atoms with E-state index in [1.54, 1.807) is 0 Å². The van der Waals surface area contributed by atoms with Crippen molar-refractivity contribution in [2.75, 3.05) is 4.90 Å². The molecule has 254 valence electrons. The number of para-hydroxylation sites is 2. The molecule has 0 unspecified atom stereocenters. The third-order valence-corrected chi connectivity index (χ3v) is 10.6. The van der Waals surface area contributed by atoms with Crippen molar-refractivity contribution < 1.29 is 0 Å². The number of aromatic nitrogens is 1. The van der Waals surface area contributed by atoms with Gasteiger partial charge in [-0.05, 0) is 93.2 Å². The van der Waals surface area contributed by atoms with Crippen LogP contribution in [0.15, 0.2) is 218 Å². The molecule has 2 heteroatoms. The van der Waals surface area contributed by atoms with Gasteiger partial charge in [-0.15, -0.1) is 0 Å². The number of fused-ring (bicyclic) bond motifs is 5. The minimum atomic E-state index is 1.09. The molecular weight excluding hydrogens is 653 g/mol. The van der Waals surface area contributed by atoms with E-state index in [9.17, 15) is 0 Å². The van der Waals surface area contributed by atoms with Crippen LogP contribution in [0.3, 0.4) is 0 Å². The third kappa shape index (κ3) is 5.53. The average molecular weight is 689 g/mol. The van der Waals surface area contributed by atoms with Gasteiger partial charge in [0.2, 0.25) is 0 Å². The van der Waals surface area contributed by atoms with Crippen molar-refractivity contribution in [2.24, 2.45) is 0 Å². The van der Waals surface area contributed by atoms with Crippen LogP contribution in [0, 0.1) is 0 Å². The molecule has 0 bridgehead atoms. The summed E-state index contributed by atoms with van der Waals surface area (Å²) < 4.78 is 2.40. The molecule has 10 rings (SSSR count). The van der Waals surface area contributed by atoms with Crippen LogP contribution < -0.4 is 4.90 Å². The fourth-order valence-electron chi connectivity index (χ4n) is 8.01. The highest BCUT2D eigenvalue weighted by molar-refractivity contribution is 6.21. The predicted octanol–water partition coefficient (Wildman–Crippen LogP) is 14.4. The fraction of sp³-hybridized carbons (Fsp3) is 0. The number of nitrogens with zero attached hydrogens (tertiary/aromatic N) is 2. The molecule has 0 saturated carbocycles. The second-order valence-corrected chi connectivity index (χ2v) is 13.8. The van der Waals surface area contributed by atoms with Gasteiger partial charge in [0.15, 0.2) is 0 Å². The van der Waals surface area contributed by atoms with Crippen molar-refractivity contribution in [3.05, 3.63) is 218 Å². The molecule has 0 aliphatic rings. The van der Waals surface area contributed by atoms with Crippen molar-refractivity contribution in [2.45, 2.75) is 0 Å². The topological polar surface area (TPSA) is 8.17 Å². The normalized spacial score (nSPS) is 11.3. The highest BCUT2D eigenvalue weighted by Gasteiger charge is 2.19. The maximum atomic E-state index is 2.40. The summed E-state index contributed by atoms with van der Waals surface area (Å²) in [6.45, 7) is 0. The molecule has 54 heavy (non-hydrogen) atoms. The zero-order chi connectivity index (χ0) is 35.8. The molecule has 1 heterocycles. The number of anilines is 3. The molecule has 0 amide bonds. The Morgan fingerprint density at radius 2 is 0.815 bits per heavy atom. The highest BCUT2D eigenvalue weighted by Crippen LogP contribution is 2.43. The van der Waals surface area contributed by atoms with Gasteiger partial charge in [0.25, 0.3) is 0 Å². The lowest BCUT2D eigenvalue weighted by Gasteiger charge is -2.28. The summed E-state index contributed by atoms with van der Waals surface area (Å²) in [4.78, 5) is 2.39. The Labute approximate surface area is 315 Å². The lowest BCUT2D eigenvalue weighted by atomic mass is 9.98. The second-order valence-electron chi connectivity index (χ2n) is 13.8. The molecule has 1 aromatic heterocycles. The SMILES string of the molecule is c1ccc(-c2ccc(-c3ccccc3N(c3ccc(-c4ccccc4)cc3)c3ccc(-n4c5ccccc5c5c6ccccc6ccc54)cc3)cc2)cc1. The maximum Gasteiger partial charge on any atom is 0.0547 e. The van der Waals surface area contributed by atoms with Crippen LogP contribution in [0.5, 0.6) is 0 Å². The van der Waals surface area contributed by atoms with Crippen molar-refractivity contribution in [3.8, 4) is 39.1 Å². The Morgan fingerprint density at radius 3 is 1.50 bits per heavy atom. The molecular formula is C52H36N2. The first-order valence-electron chi connectivity index (χ1n) is 18.5. The van der Waals surface area contributed by atoms with Crippen molar-refractivity contribution in [3.63, 3.8) is 0 Å². The molecule has 0 aliphatic carbocycles. The summed E-state index contributed by atoms with van der Waals surface area (Å²) in [6, 6.07) is 78.8. The minimum Gasteiger partial charge on any atom is -0.310 e. The molecule has 2 nitrogen and oxygen atoms in total. The van der Waals surface area contributed by atoms with Gasteiger partial charge in [0.05, 0.1) is 16.7 Å². The summed E-state index contributed by atoms with van der Waals surface area (Å²) in [7, 11) is 0. The summed E-state index contributed by atoms with van der Waals surface area (Å²) >= 11 is 0. The van der Waals surface area contributed by atoms with Gasteiger partial charge in [-0.3, -0.25) is 0 Å². The first kappa shape index (κ1) is 31.6. The van der Waals surface area contributed by atoms with Crippen molar-refractivity contribution >= 4 is 49.6 Å².